The van der Waals surface area contributed by atoms with E-state index >= 15 is 0 Å². The molecule has 0 aliphatic heterocycles. The summed E-state index contributed by atoms with van der Waals surface area (Å²) < 4.78 is 25.7. The zero-order chi connectivity index (χ0) is 9.15. The molecule has 0 heterocycles. The zero-order valence-corrected chi connectivity index (χ0v) is 7.23. The van der Waals surface area contributed by atoms with Crippen LogP contribution in [-0.2, 0) is 4.79 Å². The summed E-state index contributed by atoms with van der Waals surface area (Å²) in [5.41, 5.74) is -0.168. The first-order chi connectivity index (χ1) is 5.36. The summed E-state index contributed by atoms with van der Waals surface area (Å²) in [7, 11) is 0. The van der Waals surface area contributed by atoms with Crippen LogP contribution in [0.3, 0.4) is 0 Å². The van der Waals surface area contributed by atoms with E-state index in [2.05, 4.69) is 0 Å². The van der Waals surface area contributed by atoms with Gasteiger partial charge in [0, 0.05) is 12.3 Å². The van der Waals surface area contributed by atoms with Crippen LogP contribution in [0.2, 0.25) is 0 Å². The van der Waals surface area contributed by atoms with Crippen molar-refractivity contribution in [3.8, 4) is 0 Å². The Balaban J connectivity index is 2.29. The van der Waals surface area contributed by atoms with Crippen LogP contribution in [0.5, 0.6) is 0 Å². The Morgan fingerprint density at radius 2 is 2.00 bits per heavy atom. The van der Waals surface area contributed by atoms with E-state index < -0.39 is 11.7 Å². The SMILES string of the molecule is CC1(C)[C@@H]2C[C@H]1C(=O)C(F)(F)C2. The van der Waals surface area contributed by atoms with Crippen LogP contribution >= 0.6 is 0 Å². The molecule has 1 nitrogen and oxygen atoms in total. The summed E-state index contributed by atoms with van der Waals surface area (Å²) in [5, 5.41) is 0. The minimum atomic E-state index is -3.02. The lowest BCUT2D eigenvalue weighted by Crippen LogP contribution is -2.60. The predicted octanol–water partition coefficient (Wildman–Crippen LogP) is 2.26. The molecule has 3 aliphatic rings. The summed E-state index contributed by atoms with van der Waals surface area (Å²) in [4.78, 5) is 11.2. The van der Waals surface area contributed by atoms with Gasteiger partial charge in [0.2, 0.25) is 5.78 Å². The van der Waals surface area contributed by atoms with E-state index in [9.17, 15) is 13.6 Å². The van der Waals surface area contributed by atoms with Gasteiger partial charge in [-0.25, -0.2) is 0 Å². The molecule has 12 heavy (non-hydrogen) atoms. The zero-order valence-electron chi connectivity index (χ0n) is 7.23. The Morgan fingerprint density at radius 1 is 1.42 bits per heavy atom. The lowest BCUT2D eigenvalue weighted by atomic mass is 9.47. The van der Waals surface area contributed by atoms with Gasteiger partial charge in [-0.3, -0.25) is 4.79 Å². The van der Waals surface area contributed by atoms with Gasteiger partial charge in [-0.05, 0) is 17.8 Å². The highest BCUT2D eigenvalue weighted by atomic mass is 19.3. The van der Waals surface area contributed by atoms with E-state index in [1.807, 2.05) is 13.8 Å². The van der Waals surface area contributed by atoms with Crippen molar-refractivity contribution >= 4 is 5.78 Å². The van der Waals surface area contributed by atoms with Gasteiger partial charge in [-0.2, -0.15) is 8.78 Å². The molecule has 2 bridgehead atoms. The average molecular weight is 174 g/mol. The average Bonchev–Trinajstić information content (AvgIpc) is 1.93. The van der Waals surface area contributed by atoms with Crippen molar-refractivity contribution in [3.63, 3.8) is 0 Å². The summed E-state index contributed by atoms with van der Waals surface area (Å²) in [6, 6.07) is 0. The number of rotatable bonds is 0. The number of Topliss-reactive ketones (excluding diaryl/α,β-unsaturated/α-hetero) is 1. The van der Waals surface area contributed by atoms with Crippen molar-refractivity contribution in [1.82, 2.24) is 0 Å². The van der Waals surface area contributed by atoms with Crippen molar-refractivity contribution in [2.45, 2.75) is 32.6 Å². The largest absolute Gasteiger partial charge is 0.305 e. The first kappa shape index (κ1) is 8.14. The van der Waals surface area contributed by atoms with Crippen LogP contribution in [0.25, 0.3) is 0 Å². The molecule has 0 unspecified atom stereocenters. The van der Waals surface area contributed by atoms with E-state index in [0.717, 1.165) is 0 Å². The number of ketones is 1. The molecule has 3 saturated carbocycles. The summed E-state index contributed by atoms with van der Waals surface area (Å²) in [6.07, 6.45) is 0.455. The maximum Gasteiger partial charge on any atom is 0.305 e. The third-order valence-corrected chi connectivity index (χ3v) is 3.65. The number of alkyl halides is 2. The van der Waals surface area contributed by atoms with Crippen molar-refractivity contribution in [1.29, 1.82) is 0 Å². The molecular weight excluding hydrogens is 162 g/mol. The molecule has 3 rings (SSSR count). The summed E-state index contributed by atoms with van der Waals surface area (Å²) in [6.45, 7) is 3.83. The molecule has 0 radical (unpaired) electrons. The van der Waals surface area contributed by atoms with Crippen LogP contribution in [0.1, 0.15) is 26.7 Å². The highest BCUT2D eigenvalue weighted by Crippen LogP contribution is 2.61. The molecule has 0 spiro atoms. The molecule has 0 aromatic heterocycles. The van der Waals surface area contributed by atoms with Gasteiger partial charge in [0.15, 0.2) is 0 Å². The van der Waals surface area contributed by atoms with Crippen LogP contribution in [0.15, 0.2) is 0 Å². The fraction of sp³-hybridized carbons (Fsp3) is 0.889. The number of carbonyl (C=O) groups excluding carboxylic acids is 1. The second kappa shape index (κ2) is 1.88. The van der Waals surface area contributed by atoms with Gasteiger partial charge in [-0.15, -0.1) is 0 Å². The fourth-order valence-corrected chi connectivity index (χ4v) is 2.47. The first-order valence-corrected chi connectivity index (χ1v) is 4.28. The lowest BCUT2D eigenvalue weighted by molar-refractivity contribution is -0.193. The van der Waals surface area contributed by atoms with Gasteiger partial charge in [0.25, 0.3) is 0 Å². The van der Waals surface area contributed by atoms with Crippen molar-refractivity contribution in [2.75, 3.05) is 0 Å². The monoisotopic (exact) mass is 174 g/mol. The first-order valence-electron chi connectivity index (χ1n) is 4.28. The van der Waals surface area contributed by atoms with E-state index in [-0.39, 0.29) is 23.7 Å². The number of carbonyl (C=O) groups is 1. The van der Waals surface area contributed by atoms with E-state index in [0.29, 0.717) is 6.42 Å². The number of fused-ring (bicyclic) bond motifs is 2. The third kappa shape index (κ3) is 0.744. The Morgan fingerprint density at radius 3 is 2.33 bits per heavy atom. The normalized spacial score (nSPS) is 42.2. The second-order valence-electron chi connectivity index (χ2n) is 4.58. The molecule has 2 atom stereocenters. The maximum atomic E-state index is 12.9. The molecule has 0 aromatic carbocycles. The van der Waals surface area contributed by atoms with Gasteiger partial charge < -0.3 is 0 Å². The fourth-order valence-electron chi connectivity index (χ4n) is 2.47. The molecular formula is C9H12F2O. The quantitative estimate of drug-likeness (QED) is 0.550. The van der Waals surface area contributed by atoms with E-state index in [4.69, 9.17) is 0 Å². The van der Waals surface area contributed by atoms with E-state index in [1.165, 1.54) is 0 Å². The molecule has 68 valence electrons. The van der Waals surface area contributed by atoms with Crippen LogP contribution in [-0.4, -0.2) is 11.7 Å². The molecule has 0 N–H and O–H groups in total. The third-order valence-electron chi connectivity index (χ3n) is 3.65. The molecule has 3 fully saturated rings. The molecule has 3 aliphatic carbocycles. The number of hydrogen-bond acceptors (Lipinski definition) is 1. The van der Waals surface area contributed by atoms with E-state index in [1.54, 1.807) is 0 Å². The number of halogens is 2. The van der Waals surface area contributed by atoms with Crippen molar-refractivity contribution < 1.29 is 13.6 Å². The molecule has 0 aromatic rings. The Bertz CT molecular complexity index is 245. The predicted molar refractivity (Wildman–Crippen MR) is 39.9 cm³/mol. The Labute approximate surface area is 70.1 Å². The van der Waals surface area contributed by atoms with Gasteiger partial charge >= 0.3 is 5.92 Å². The minimum Gasteiger partial charge on any atom is -0.293 e. The smallest absolute Gasteiger partial charge is 0.293 e. The summed E-state index contributed by atoms with van der Waals surface area (Å²) in [5.74, 6) is -4.18. The topological polar surface area (TPSA) is 17.1 Å². The molecule has 0 saturated heterocycles. The molecule has 3 heteroatoms. The van der Waals surface area contributed by atoms with Gasteiger partial charge in [-0.1, -0.05) is 13.8 Å². The van der Waals surface area contributed by atoms with Crippen molar-refractivity contribution in [2.24, 2.45) is 17.3 Å². The highest BCUT2D eigenvalue weighted by Gasteiger charge is 2.64. The number of hydrogen-bond donors (Lipinski definition) is 0. The van der Waals surface area contributed by atoms with Crippen LogP contribution < -0.4 is 0 Å². The minimum absolute atomic E-state index is 0.0511. The van der Waals surface area contributed by atoms with Crippen LogP contribution in [0.4, 0.5) is 8.78 Å². The lowest BCUT2D eigenvalue weighted by Gasteiger charge is -2.57. The van der Waals surface area contributed by atoms with Gasteiger partial charge in [0.1, 0.15) is 0 Å². The summed E-state index contributed by atoms with van der Waals surface area (Å²) >= 11 is 0. The highest BCUT2D eigenvalue weighted by molar-refractivity contribution is 5.91. The Kier molecular flexibility index (Phi) is 1.28. The Hall–Kier alpha value is -0.470. The van der Waals surface area contributed by atoms with Crippen LogP contribution in [0, 0.1) is 17.3 Å². The maximum absolute atomic E-state index is 12.9. The van der Waals surface area contributed by atoms with Gasteiger partial charge in [0.05, 0.1) is 0 Å². The van der Waals surface area contributed by atoms with Crippen molar-refractivity contribution in [3.05, 3.63) is 0 Å². The molecule has 0 amide bonds. The second-order valence-corrected chi connectivity index (χ2v) is 4.58. The standard InChI is InChI=1S/C9H12F2O/c1-8(2)5-3-6(8)7(12)9(10,11)4-5/h5-6H,3-4H2,1-2H3/t5-,6+/m1/s1.